The van der Waals surface area contributed by atoms with E-state index in [1.54, 1.807) is 42.5 Å². The molecule has 158 valence electrons. The van der Waals surface area contributed by atoms with E-state index in [4.69, 9.17) is 16.1 Å². The van der Waals surface area contributed by atoms with Gasteiger partial charge in [0, 0.05) is 23.4 Å². The molecule has 1 amide bonds. The van der Waals surface area contributed by atoms with Gasteiger partial charge in [-0.1, -0.05) is 41.0 Å². The summed E-state index contributed by atoms with van der Waals surface area (Å²) in [5.74, 6) is 0.147. The first-order chi connectivity index (χ1) is 15.0. The second-order valence-electron chi connectivity index (χ2n) is 7.08. The lowest BCUT2D eigenvalue weighted by Gasteiger charge is -2.18. The first kappa shape index (κ1) is 21.2. The van der Waals surface area contributed by atoms with Gasteiger partial charge in [-0.25, -0.2) is 4.39 Å². The Bertz CT molecular complexity index is 1180. The van der Waals surface area contributed by atoms with Crippen molar-refractivity contribution in [2.75, 3.05) is 0 Å². The van der Waals surface area contributed by atoms with E-state index in [1.807, 2.05) is 29.0 Å². The second-order valence-corrected chi connectivity index (χ2v) is 8.30. The fraction of sp³-hybridized carbons (Fsp3) is 0.174. The molecule has 0 bridgehead atoms. The second kappa shape index (κ2) is 9.41. The number of rotatable bonds is 7. The van der Waals surface area contributed by atoms with E-state index in [0.717, 1.165) is 11.1 Å². The monoisotopic (exact) mass is 455 g/mol. The van der Waals surface area contributed by atoms with Gasteiger partial charge in [0.05, 0.1) is 6.04 Å². The molecular formula is C23H19ClFN3O2S. The molecule has 0 fully saturated rings. The molecule has 0 spiro atoms. The molecule has 2 aromatic heterocycles. The predicted molar refractivity (Wildman–Crippen MR) is 119 cm³/mol. The van der Waals surface area contributed by atoms with Crippen molar-refractivity contribution < 1.29 is 13.7 Å². The minimum absolute atomic E-state index is 0.146. The first-order valence-electron chi connectivity index (χ1n) is 9.65. The molecule has 0 radical (unpaired) electrons. The molecule has 1 atom stereocenters. The average Bonchev–Trinajstić information content (AvgIpc) is 3.46. The van der Waals surface area contributed by atoms with Gasteiger partial charge in [0.25, 0.3) is 0 Å². The molecule has 0 saturated carbocycles. The van der Waals surface area contributed by atoms with Crippen molar-refractivity contribution in [1.29, 1.82) is 0 Å². The highest BCUT2D eigenvalue weighted by atomic mass is 35.5. The van der Waals surface area contributed by atoms with Gasteiger partial charge >= 0.3 is 0 Å². The number of hydrogen-bond acceptors (Lipinski definition) is 5. The van der Waals surface area contributed by atoms with Crippen molar-refractivity contribution >= 4 is 28.8 Å². The molecule has 2 heterocycles. The van der Waals surface area contributed by atoms with Crippen LogP contribution in [0.2, 0.25) is 5.02 Å². The number of thiophene rings is 1. The normalized spacial score (nSPS) is 12.0. The Morgan fingerprint density at radius 1 is 1.19 bits per heavy atom. The topological polar surface area (TPSA) is 68.0 Å². The third-order valence-corrected chi connectivity index (χ3v) is 5.80. The highest BCUT2D eigenvalue weighted by molar-refractivity contribution is 7.08. The van der Waals surface area contributed by atoms with E-state index in [9.17, 15) is 9.18 Å². The molecule has 4 rings (SSSR count). The number of amides is 1. The summed E-state index contributed by atoms with van der Waals surface area (Å²) in [6.07, 6.45) is 0.461. The van der Waals surface area contributed by atoms with Crippen molar-refractivity contribution in [2.45, 2.75) is 25.8 Å². The van der Waals surface area contributed by atoms with Crippen LogP contribution in [0.25, 0.3) is 11.4 Å². The predicted octanol–water partition coefficient (Wildman–Crippen LogP) is 5.74. The number of aromatic nitrogens is 2. The summed E-state index contributed by atoms with van der Waals surface area (Å²) in [5, 5.41) is 11.6. The summed E-state index contributed by atoms with van der Waals surface area (Å²) in [7, 11) is 0. The molecule has 8 heteroatoms. The van der Waals surface area contributed by atoms with Gasteiger partial charge in [-0.2, -0.15) is 16.3 Å². The van der Waals surface area contributed by atoms with Crippen LogP contribution in [0.5, 0.6) is 0 Å². The number of carbonyl (C=O) groups is 1. The SMILES string of the molecule is Cc1ccc(-c2noc(CCC(=O)NC(c3ccc(Cl)cc3)c3ccsc3)n2)cc1F. The Morgan fingerprint density at radius 2 is 2.00 bits per heavy atom. The van der Waals surface area contributed by atoms with Gasteiger partial charge in [0.15, 0.2) is 0 Å². The first-order valence-corrected chi connectivity index (χ1v) is 11.0. The van der Waals surface area contributed by atoms with E-state index in [-0.39, 0.29) is 30.6 Å². The van der Waals surface area contributed by atoms with Gasteiger partial charge in [-0.05, 0) is 58.6 Å². The minimum Gasteiger partial charge on any atom is -0.345 e. The Labute approximate surface area is 187 Å². The largest absolute Gasteiger partial charge is 0.345 e. The molecule has 0 saturated heterocycles. The lowest BCUT2D eigenvalue weighted by molar-refractivity contribution is -0.121. The Morgan fingerprint density at radius 3 is 2.71 bits per heavy atom. The summed E-state index contributed by atoms with van der Waals surface area (Å²) in [5.41, 5.74) is 3.02. The van der Waals surface area contributed by atoms with Crippen molar-refractivity contribution in [3.63, 3.8) is 0 Å². The number of hydrogen-bond donors (Lipinski definition) is 1. The van der Waals surface area contributed by atoms with E-state index >= 15 is 0 Å². The third-order valence-electron chi connectivity index (χ3n) is 4.85. The maximum atomic E-state index is 13.8. The summed E-state index contributed by atoms with van der Waals surface area (Å²) >= 11 is 7.57. The molecule has 5 nitrogen and oxygen atoms in total. The lowest BCUT2D eigenvalue weighted by Crippen LogP contribution is -2.29. The third kappa shape index (κ3) is 5.18. The van der Waals surface area contributed by atoms with Crippen molar-refractivity contribution in [2.24, 2.45) is 0 Å². The van der Waals surface area contributed by atoms with Crippen LogP contribution < -0.4 is 5.32 Å². The molecule has 4 aromatic rings. The van der Waals surface area contributed by atoms with Crippen LogP contribution in [-0.2, 0) is 11.2 Å². The zero-order chi connectivity index (χ0) is 21.8. The van der Waals surface area contributed by atoms with Crippen LogP contribution in [0.15, 0.2) is 63.8 Å². The van der Waals surface area contributed by atoms with E-state index in [0.29, 0.717) is 27.9 Å². The molecule has 0 aliphatic carbocycles. The fourth-order valence-electron chi connectivity index (χ4n) is 3.11. The molecule has 0 aliphatic heterocycles. The Balaban J connectivity index is 1.41. The number of halogens is 2. The summed E-state index contributed by atoms with van der Waals surface area (Å²) < 4.78 is 19.0. The van der Waals surface area contributed by atoms with E-state index < -0.39 is 0 Å². The van der Waals surface area contributed by atoms with Crippen molar-refractivity contribution in [3.05, 3.63) is 92.7 Å². The molecule has 2 aromatic carbocycles. The summed E-state index contributed by atoms with van der Waals surface area (Å²) in [4.78, 5) is 16.9. The van der Waals surface area contributed by atoms with E-state index in [1.165, 1.54) is 6.07 Å². The Hall–Kier alpha value is -3.03. The lowest BCUT2D eigenvalue weighted by atomic mass is 10.0. The highest BCUT2D eigenvalue weighted by Gasteiger charge is 2.18. The van der Waals surface area contributed by atoms with Gasteiger partial charge in [0.1, 0.15) is 5.82 Å². The van der Waals surface area contributed by atoms with Crippen LogP contribution in [-0.4, -0.2) is 16.0 Å². The quantitative estimate of drug-likeness (QED) is 0.386. The van der Waals surface area contributed by atoms with Crippen LogP contribution in [0.4, 0.5) is 4.39 Å². The van der Waals surface area contributed by atoms with Crippen LogP contribution in [0.1, 0.15) is 35.0 Å². The zero-order valence-electron chi connectivity index (χ0n) is 16.6. The molecule has 1 N–H and O–H groups in total. The van der Waals surface area contributed by atoms with Gasteiger partial charge in [-0.3, -0.25) is 4.79 Å². The van der Waals surface area contributed by atoms with Crippen LogP contribution in [0, 0.1) is 12.7 Å². The maximum Gasteiger partial charge on any atom is 0.227 e. The average molecular weight is 456 g/mol. The molecule has 0 aliphatic rings. The smallest absolute Gasteiger partial charge is 0.227 e. The highest BCUT2D eigenvalue weighted by Crippen LogP contribution is 2.26. The van der Waals surface area contributed by atoms with Gasteiger partial charge < -0.3 is 9.84 Å². The minimum atomic E-state index is -0.329. The van der Waals surface area contributed by atoms with Gasteiger partial charge in [0.2, 0.25) is 17.6 Å². The zero-order valence-corrected chi connectivity index (χ0v) is 18.2. The Kier molecular flexibility index (Phi) is 6.44. The van der Waals surface area contributed by atoms with Crippen LogP contribution in [0.3, 0.4) is 0 Å². The number of benzene rings is 2. The van der Waals surface area contributed by atoms with Crippen molar-refractivity contribution in [3.8, 4) is 11.4 Å². The number of nitrogens with one attached hydrogen (secondary N) is 1. The fourth-order valence-corrected chi connectivity index (χ4v) is 3.92. The molecule has 31 heavy (non-hydrogen) atoms. The standard InChI is InChI=1S/C23H19ClFN3O2S/c1-14-2-3-16(12-19(14)25)23-27-21(30-28-23)9-8-20(29)26-22(17-10-11-31-13-17)15-4-6-18(24)7-5-15/h2-7,10-13,22H,8-9H2,1H3,(H,26,29). The van der Waals surface area contributed by atoms with Crippen LogP contribution >= 0.6 is 22.9 Å². The van der Waals surface area contributed by atoms with Gasteiger partial charge in [-0.15, -0.1) is 0 Å². The maximum absolute atomic E-state index is 13.8. The number of aryl methyl sites for hydroxylation is 2. The van der Waals surface area contributed by atoms with Crippen molar-refractivity contribution in [1.82, 2.24) is 15.5 Å². The molecular weight excluding hydrogens is 437 g/mol. The van der Waals surface area contributed by atoms with E-state index in [2.05, 4.69) is 15.5 Å². The number of carbonyl (C=O) groups excluding carboxylic acids is 1. The summed E-state index contributed by atoms with van der Waals surface area (Å²) in [6.45, 7) is 1.69. The number of nitrogens with zero attached hydrogens (tertiary/aromatic N) is 2. The molecule has 1 unspecified atom stereocenters. The summed E-state index contributed by atoms with van der Waals surface area (Å²) in [6, 6.07) is 13.9.